The second-order valence-corrected chi connectivity index (χ2v) is 7.13. The first-order valence-electron chi connectivity index (χ1n) is 8.66. The summed E-state index contributed by atoms with van der Waals surface area (Å²) in [5.74, 6) is 0.850. The van der Waals surface area contributed by atoms with E-state index < -0.39 is 0 Å². The number of aliphatic imine (C=N–C) groups is 1. The summed E-state index contributed by atoms with van der Waals surface area (Å²) in [5.41, 5.74) is 3.98. The normalized spacial score (nSPS) is 12.1. The Labute approximate surface area is 168 Å². The van der Waals surface area contributed by atoms with Gasteiger partial charge in [0, 0.05) is 48.8 Å². The second kappa shape index (κ2) is 10.0. The lowest BCUT2D eigenvalue weighted by molar-refractivity contribution is 0.428. The van der Waals surface area contributed by atoms with Crippen LogP contribution in [0.5, 0.6) is 0 Å². The first-order valence-corrected chi connectivity index (χ1v) is 8.66. The van der Waals surface area contributed by atoms with E-state index in [1.54, 1.807) is 0 Å². The summed E-state index contributed by atoms with van der Waals surface area (Å²) in [6.45, 7) is 11.3. The van der Waals surface area contributed by atoms with Crippen LogP contribution in [0.1, 0.15) is 32.0 Å². The molecule has 0 amide bonds. The average Bonchev–Trinajstić information content (AvgIpc) is 2.84. The largest absolute Gasteiger partial charge is 0.358 e. The molecule has 4 N–H and O–H groups in total. The number of fused-ring (bicyclic) bond motifs is 1. The fraction of sp³-hybridized carbons (Fsp3) is 0.526. The molecule has 0 aliphatic carbocycles. The summed E-state index contributed by atoms with van der Waals surface area (Å²) in [4.78, 5) is 7.74. The molecule has 1 aromatic carbocycles. The highest BCUT2D eigenvalue weighted by Crippen LogP contribution is 2.21. The van der Waals surface area contributed by atoms with Crippen molar-refractivity contribution in [1.29, 1.82) is 0 Å². The summed E-state index contributed by atoms with van der Waals surface area (Å²) in [6.07, 6.45) is 0.969. The van der Waals surface area contributed by atoms with E-state index in [0.29, 0.717) is 0 Å². The van der Waals surface area contributed by atoms with Crippen LogP contribution in [0.15, 0.2) is 29.3 Å². The number of benzene rings is 1. The van der Waals surface area contributed by atoms with Crippen molar-refractivity contribution in [3.05, 3.63) is 35.5 Å². The summed E-state index contributed by atoms with van der Waals surface area (Å²) in [7, 11) is 1.81. The van der Waals surface area contributed by atoms with Crippen molar-refractivity contribution in [2.24, 2.45) is 4.99 Å². The second-order valence-electron chi connectivity index (χ2n) is 7.13. The number of nitrogens with one attached hydrogen (secondary N) is 4. The molecule has 1 aromatic heterocycles. The highest BCUT2D eigenvalue weighted by atomic mass is 127. The standard InChI is InChI=1S/C19H31N5.HI/c1-14-15(16-8-6-7-9-17(16)24-14)10-11-21-18(20-5)22-12-13-23-19(2,3)4;/h6-9,23-24H,10-13H2,1-5H3,(H2,20,21,22);1H. The van der Waals surface area contributed by atoms with Crippen molar-refractivity contribution in [2.45, 2.75) is 39.7 Å². The van der Waals surface area contributed by atoms with Gasteiger partial charge in [-0.2, -0.15) is 0 Å². The third kappa shape index (κ3) is 6.86. The van der Waals surface area contributed by atoms with Gasteiger partial charge in [-0.05, 0) is 45.7 Å². The molecule has 0 saturated carbocycles. The lowest BCUT2D eigenvalue weighted by atomic mass is 10.1. The first-order chi connectivity index (χ1) is 11.4. The van der Waals surface area contributed by atoms with Crippen molar-refractivity contribution >= 4 is 40.8 Å². The molecule has 0 saturated heterocycles. The van der Waals surface area contributed by atoms with Crippen LogP contribution in [0, 0.1) is 6.92 Å². The number of aromatic amines is 1. The van der Waals surface area contributed by atoms with Gasteiger partial charge in [0.15, 0.2) is 5.96 Å². The molecule has 0 atom stereocenters. The maximum Gasteiger partial charge on any atom is 0.191 e. The van der Waals surface area contributed by atoms with E-state index in [9.17, 15) is 0 Å². The smallest absolute Gasteiger partial charge is 0.191 e. The van der Waals surface area contributed by atoms with Gasteiger partial charge in [0.25, 0.3) is 0 Å². The molecule has 0 spiro atoms. The molecule has 0 unspecified atom stereocenters. The highest BCUT2D eigenvalue weighted by molar-refractivity contribution is 14.0. The molecule has 2 aromatic rings. The van der Waals surface area contributed by atoms with Gasteiger partial charge < -0.3 is 20.9 Å². The lowest BCUT2D eigenvalue weighted by Gasteiger charge is -2.21. The Morgan fingerprint density at radius 1 is 1.08 bits per heavy atom. The van der Waals surface area contributed by atoms with E-state index in [-0.39, 0.29) is 29.5 Å². The predicted molar refractivity (Wildman–Crippen MR) is 119 cm³/mol. The van der Waals surface area contributed by atoms with Gasteiger partial charge in [-0.25, -0.2) is 0 Å². The molecule has 0 aliphatic heterocycles. The number of para-hydroxylation sites is 1. The molecule has 5 nitrogen and oxygen atoms in total. The van der Waals surface area contributed by atoms with Gasteiger partial charge in [0.05, 0.1) is 0 Å². The van der Waals surface area contributed by atoms with Crippen LogP contribution in [0.3, 0.4) is 0 Å². The van der Waals surface area contributed by atoms with Crippen LogP contribution >= 0.6 is 24.0 Å². The van der Waals surface area contributed by atoms with Gasteiger partial charge in [0.2, 0.25) is 0 Å². The minimum absolute atomic E-state index is 0. The van der Waals surface area contributed by atoms with Gasteiger partial charge in [0.1, 0.15) is 0 Å². The van der Waals surface area contributed by atoms with Crippen molar-refractivity contribution in [1.82, 2.24) is 20.9 Å². The van der Waals surface area contributed by atoms with Crippen LogP contribution in [0.4, 0.5) is 0 Å². The summed E-state index contributed by atoms with van der Waals surface area (Å²) in [6, 6.07) is 8.47. The van der Waals surface area contributed by atoms with Gasteiger partial charge in [-0.3, -0.25) is 4.99 Å². The molecule has 2 rings (SSSR count). The number of rotatable bonds is 6. The zero-order valence-corrected chi connectivity index (χ0v) is 18.3. The molecule has 140 valence electrons. The molecular formula is C19H32IN5. The maximum atomic E-state index is 4.28. The van der Waals surface area contributed by atoms with Crippen LogP contribution in [-0.2, 0) is 6.42 Å². The van der Waals surface area contributed by atoms with Crippen molar-refractivity contribution in [2.75, 3.05) is 26.7 Å². The van der Waals surface area contributed by atoms with E-state index >= 15 is 0 Å². The topological polar surface area (TPSA) is 64.2 Å². The van der Waals surface area contributed by atoms with Gasteiger partial charge >= 0.3 is 0 Å². The van der Waals surface area contributed by atoms with E-state index in [1.807, 2.05) is 7.05 Å². The third-order valence-electron chi connectivity index (χ3n) is 3.99. The van der Waals surface area contributed by atoms with Crippen LogP contribution in [0.25, 0.3) is 10.9 Å². The summed E-state index contributed by atoms with van der Waals surface area (Å²) in [5, 5.41) is 11.5. The predicted octanol–water partition coefficient (Wildman–Crippen LogP) is 3.19. The zero-order valence-electron chi connectivity index (χ0n) is 16.0. The Balaban J connectivity index is 0.00000312. The molecule has 0 bridgehead atoms. The van der Waals surface area contributed by atoms with E-state index in [4.69, 9.17) is 0 Å². The molecule has 6 heteroatoms. The van der Waals surface area contributed by atoms with E-state index in [1.165, 1.54) is 22.2 Å². The van der Waals surface area contributed by atoms with Crippen molar-refractivity contribution in [3.8, 4) is 0 Å². The minimum Gasteiger partial charge on any atom is -0.358 e. The van der Waals surface area contributed by atoms with E-state index in [0.717, 1.165) is 32.0 Å². The zero-order chi connectivity index (χ0) is 17.6. The molecule has 0 aliphatic rings. The summed E-state index contributed by atoms with van der Waals surface area (Å²) >= 11 is 0. The average molecular weight is 457 g/mol. The Hall–Kier alpha value is -1.28. The van der Waals surface area contributed by atoms with Crippen LogP contribution in [-0.4, -0.2) is 43.2 Å². The number of guanidine groups is 1. The Morgan fingerprint density at radius 2 is 1.76 bits per heavy atom. The lowest BCUT2D eigenvalue weighted by Crippen LogP contribution is -2.44. The van der Waals surface area contributed by atoms with Crippen LogP contribution < -0.4 is 16.0 Å². The van der Waals surface area contributed by atoms with Gasteiger partial charge in [-0.15, -0.1) is 24.0 Å². The number of halogens is 1. The number of nitrogens with zero attached hydrogens (tertiary/aromatic N) is 1. The number of hydrogen-bond acceptors (Lipinski definition) is 2. The number of H-pyrrole nitrogens is 1. The first kappa shape index (κ1) is 21.8. The quantitative estimate of drug-likeness (QED) is 0.233. The molecular weight excluding hydrogens is 425 g/mol. The fourth-order valence-electron chi connectivity index (χ4n) is 2.80. The molecule has 0 radical (unpaired) electrons. The van der Waals surface area contributed by atoms with Crippen molar-refractivity contribution < 1.29 is 0 Å². The van der Waals surface area contributed by atoms with Crippen LogP contribution in [0.2, 0.25) is 0 Å². The molecule has 0 fully saturated rings. The monoisotopic (exact) mass is 457 g/mol. The van der Waals surface area contributed by atoms with Crippen molar-refractivity contribution in [3.63, 3.8) is 0 Å². The number of hydrogen-bond donors (Lipinski definition) is 4. The molecule has 1 heterocycles. The molecule has 25 heavy (non-hydrogen) atoms. The SMILES string of the molecule is CN=C(NCCNC(C)(C)C)NCCc1c(C)[nH]c2ccccc12.I. The van der Waals surface area contributed by atoms with Gasteiger partial charge in [-0.1, -0.05) is 18.2 Å². The van der Waals surface area contributed by atoms with E-state index in [2.05, 4.69) is 77.9 Å². The maximum absolute atomic E-state index is 4.28. The fourth-order valence-corrected chi connectivity index (χ4v) is 2.80. The third-order valence-corrected chi connectivity index (χ3v) is 3.99. The minimum atomic E-state index is 0. The number of aryl methyl sites for hydroxylation is 1. The Kier molecular flexibility index (Phi) is 8.71. The summed E-state index contributed by atoms with van der Waals surface area (Å²) < 4.78 is 0. The number of aromatic nitrogens is 1. The Morgan fingerprint density at radius 3 is 2.44 bits per heavy atom. The highest BCUT2D eigenvalue weighted by Gasteiger charge is 2.09. The Bertz CT molecular complexity index is 685.